The van der Waals surface area contributed by atoms with E-state index in [0.29, 0.717) is 6.54 Å². The van der Waals surface area contributed by atoms with E-state index < -0.39 is 0 Å². The minimum atomic E-state index is 0.603. The Hall–Kier alpha value is -2.69. The third-order valence-corrected chi connectivity index (χ3v) is 3.05. The summed E-state index contributed by atoms with van der Waals surface area (Å²) in [5.74, 6) is 1.63. The summed E-state index contributed by atoms with van der Waals surface area (Å²) in [6.07, 6.45) is 5.05. The molecule has 0 amide bonds. The summed E-state index contributed by atoms with van der Waals surface area (Å²) in [7, 11) is 1.66. The number of fused-ring (bicyclic) bond motifs is 1. The number of hydrogen-bond acceptors (Lipinski definition) is 5. The predicted octanol–water partition coefficient (Wildman–Crippen LogP) is 2.65. The van der Waals surface area contributed by atoms with Crippen molar-refractivity contribution in [1.29, 1.82) is 0 Å². The second kappa shape index (κ2) is 5.52. The van der Waals surface area contributed by atoms with E-state index in [9.17, 15) is 0 Å². The maximum atomic E-state index is 5.26. The molecule has 0 bridgehead atoms. The van der Waals surface area contributed by atoms with Crippen LogP contribution >= 0.6 is 0 Å². The number of nitrogens with one attached hydrogen (secondary N) is 1. The largest absolute Gasteiger partial charge is 0.497 e. The average Bonchev–Trinajstić information content (AvgIpc) is 2.53. The van der Waals surface area contributed by atoms with Crippen molar-refractivity contribution >= 4 is 16.6 Å². The van der Waals surface area contributed by atoms with Gasteiger partial charge in [0, 0.05) is 17.8 Å². The van der Waals surface area contributed by atoms with Gasteiger partial charge in [0.2, 0.25) is 0 Å². The molecule has 5 heteroatoms. The van der Waals surface area contributed by atoms with Crippen molar-refractivity contribution in [3.8, 4) is 5.75 Å². The summed E-state index contributed by atoms with van der Waals surface area (Å²) in [4.78, 5) is 12.5. The molecule has 20 heavy (non-hydrogen) atoms. The Morgan fingerprint density at radius 1 is 1.10 bits per heavy atom. The van der Waals surface area contributed by atoms with Crippen LogP contribution in [0, 0.1) is 0 Å². The Morgan fingerprint density at radius 3 is 2.85 bits per heavy atom. The van der Waals surface area contributed by atoms with Gasteiger partial charge in [-0.05, 0) is 29.7 Å². The Morgan fingerprint density at radius 2 is 2.05 bits per heavy atom. The highest BCUT2D eigenvalue weighted by Gasteiger charge is 2.04. The van der Waals surface area contributed by atoms with Gasteiger partial charge in [-0.15, -0.1) is 0 Å². The maximum Gasteiger partial charge on any atom is 0.134 e. The fraction of sp³-hybridized carbons (Fsp3) is 0.133. The number of aromatic nitrogens is 3. The predicted molar refractivity (Wildman–Crippen MR) is 77.7 cm³/mol. The topological polar surface area (TPSA) is 59.9 Å². The van der Waals surface area contributed by atoms with Crippen LogP contribution in [0.25, 0.3) is 10.8 Å². The zero-order chi connectivity index (χ0) is 13.8. The van der Waals surface area contributed by atoms with Crippen molar-refractivity contribution in [2.24, 2.45) is 0 Å². The maximum absolute atomic E-state index is 5.26. The SMILES string of the molecule is COc1ccc2ccnc(NCc3ccncn3)c2c1. The van der Waals surface area contributed by atoms with Crippen LogP contribution in [0.3, 0.4) is 0 Å². The molecule has 3 rings (SSSR count). The highest BCUT2D eigenvalue weighted by molar-refractivity contribution is 5.92. The number of benzene rings is 1. The lowest BCUT2D eigenvalue weighted by atomic mass is 10.1. The van der Waals surface area contributed by atoms with Crippen LogP contribution in [0.1, 0.15) is 5.69 Å². The van der Waals surface area contributed by atoms with Crippen LogP contribution in [0.15, 0.2) is 49.1 Å². The Balaban J connectivity index is 1.90. The van der Waals surface area contributed by atoms with Crippen LogP contribution in [0.2, 0.25) is 0 Å². The molecular weight excluding hydrogens is 252 g/mol. The first-order valence-corrected chi connectivity index (χ1v) is 6.28. The van der Waals surface area contributed by atoms with E-state index in [1.807, 2.05) is 30.3 Å². The van der Waals surface area contributed by atoms with Crippen molar-refractivity contribution in [3.63, 3.8) is 0 Å². The number of rotatable bonds is 4. The van der Waals surface area contributed by atoms with Crippen molar-refractivity contribution < 1.29 is 4.74 Å². The first-order valence-electron chi connectivity index (χ1n) is 6.28. The van der Waals surface area contributed by atoms with Crippen LogP contribution in [0.4, 0.5) is 5.82 Å². The lowest BCUT2D eigenvalue weighted by molar-refractivity contribution is 0.415. The summed E-state index contributed by atoms with van der Waals surface area (Å²) < 4.78 is 5.26. The monoisotopic (exact) mass is 266 g/mol. The highest BCUT2D eigenvalue weighted by Crippen LogP contribution is 2.25. The second-order valence-corrected chi connectivity index (χ2v) is 4.30. The van der Waals surface area contributed by atoms with E-state index in [-0.39, 0.29) is 0 Å². The van der Waals surface area contributed by atoms with Gasteiger partial charge in [-0.1, -0.05) is 6.07 Å². The van der Waals surface area contributed by atoms with E-state index in [4.69, 9.17) is 4.74 Å². The lowest BCUT2D eigenvalue weighted by Crippen LogP contribution is -2.03. The standard InChI is InChI=1S/C15H14N4O/c1-20-13-3-2-11-4-7-17-15(14(11)8-13)18-9-12-5-6-16-10-19-12/h2-8,10H,9H2,1H3,(H,17,18). The minimum Gasteiger partial charge on any atom is -0.497 e. The van der Waals surface area contributed by atoms with Gasteiger partial charge < -0.3 is 10.1 Å². The number of methoxy groups -OCH3 is 1. The minimum absolute atomic E-state index is 0.603. The first kappa shape index (κ1) is 12.3. The quantitative estimate of drug-likeness (QED) is 0.786. The number of hydrogen-bond donors (Lipinski definition) is 1. The molecule has 1 aromatic carbocycles. The van der Waals surface area contributed by atoms with E-state index in [2.05, 4.69) is 20.3 Å². The smallest absolute Gasteiger partial charge is 0.134 e. The molecule has 2 heterocycles. The third kappa shape index (κ3) is 2.51. The molecule has 0 saturated carbocycles. The zero-order valence-corrected chi connectivity index (χ0v) is 11.1. The molecule has 0 atom stereocenters. The number of ether oxygens (including phenoxy) is 1. The summed E-state index contributed by atoms with van der Waals surface area (Å²) in [6, 6.07) is 9.79. The fourth-order valence-corrected chi connectivity index (χ4v) is 2.01. The summed E-state index contributed by atoms with van der Waals surface area (Å²) in [5.41, 5.74) is 0.918. The van der Waals surface area contributed by atoms with Crippen LogP contribution in [0.5, 0.6) is 5.75 Å². The molecule has 5 nitrogen and oxygen atoms in total. The molecule has 0 fully saturated rings. The molecule has 100 valence electrons. The lowest BCUT2D eigenvalue weighted by Gasteiger charge is -2.09. The molecule has 0 unspecified atom stereocenters. The molecule has 0 radical (unpaired) electrons. The molecule has 0 aliphatic heterocycles. The van der Waals surface area contributed by atoms with Crippen LogP contribution < -0.4 is 10.1 Å². The van der Waals surface area contributed by atoms with Gasteiger partial charge in [-0.2, -0.15) is 0 Å². The summed E-state index contributed by atoms with van der Waals surface area (Å²) >= 11 is 0. The fourth-order valence-electron chi connectivity index (χ4n) is 2.01. The Labute approximate surface area is 116 Å². The van der Waals surface area contributed by atoms with E-state index in [0.717, 1.165) is 28.0 Å². The molecule has 0 spiro atoms. The Bertz CT molecular complexity index is 715. The van der Waals surface area contributed by atoms with Crippen molar-refractivity contribution in [3.05, 3.63) is 54.7 Å². The molecule has 0 aliphatic rings. The summed E-state index contributed by atoms with van der Waals surface area (Å²) in [5, 5.41) is 5.44. The molecule has 1 N–H and O–H groups in total. The van der Waals surface area contributed by atoms with Gasteiger partial charge in [0.05, 0.1) is 19.3 Å². The molecule has 0 saturated heterocycles. The van der Waals surface area contributed by atoms with Gasteiger partial charge in [-0.3, -0.25) is 0 Å². The Kier molecular flexibility index (Phi) is 3.41. The van der Waals surface area contributed by atoms with Crippen molar-refractivity contribution in [2.75, 3.05) is 12.4 Å². The number of nitrogens with zero attached hydrogens (tertiary/aromatic N) is 3. The van der Waals surface area contributed by atoms with Gasteiger partial charge >= 0.3 is 0 Å². The molecule has 2 aromatic heterocycles. The van der Waals surface area contributed by atoms with E-state index in [1.165, 1.54) is 6.33 Å². The number of pyridine rings is 1. The summed E-state index contributed by atoms with van der Waals surface area (Å²) in [6.45, 7) is 0.603. The van der Waals surface area contributed by atoms with E-state index in [1.54, 1.807) is 19.5 Å². The van der Waals surface area contributed by atoms with E-state index >= 15 is 0 Å². The second-order valence-electron chi connectivity index (χ2n) is 4.30. The van der Waals surface area contributed by atoms with Gasteiger partial charge in [-0.25, -0.2) is 15.0 Å². The van der Waals surface area contributed by atoms with Crippen LogP contribution in [-0.4, -0.2) is 22.1 Å². The van der Waals surface area contributed by atoms with Crippen molar-refractivity contribution in [1.82, 2.24) is 15.0 Å². The van der Waals surface area contributed by atoms with Crippen molar-refractivity contribution in [2.45, 2.75) is 6.54 Å². The third-order valence-electron chi connectivity index (χ3n) is 3.05. The first-order chi connectivity index (χ1) is 9.86. The normalized spacial score (nSPS) is 10.4. The molecule has 3 aromatic rings. The van der Waals surface area contributed by atoms with Gasteiger partial charge in [0.25, 0.3) is 0 Å². The van der Waals surface area contributed by atoms with Gasteiger partial charge in [0.1, 0.15) is 17.9 Å². The average molecular weight is 266 g/mol. The van der Waals surface area contributed by atoms with Gasteiger partial charge in [0.15, 0.2) is 0 Å². The highest BCUT2D eigenvalue weighted by atomic mass is 16.5. The molecular formula is C15H14N4O. The zero-order valence-electron chi connectivity index (χ0n) is 11.1. The number of anilines is 1. The van der Waals surface area contributed by atoms with Crippen LogP contribution in [-0.2, 0) is 6.54 Å². The molecule has 0 aliphatic carbocycles.